The summed E-state index contributed by atoms with van der Waals surface area (Å²) in [5.41, 5.74) is 1.49. The summed E-state index contributed by atoms with van der Waals surface area (Å²) in [6.07, 6.45) is 2.06. The molecule has 0 unspecified atom stereocenters. The first-order chi connectivity index (χ1) is 14.0. The van der Waals surface area contributed by atoms with Crippen LogP contribution in [0, 0.1) is 5.82 Å². The first-order valence-corrected chi connectivity index (χ1v) is 9.92. The van der Waals surface area contributed by atoms with Crippen LogP contribution in [-0.2, 0) is 9.59 Å². The Morgan fingerprint density at radius 1 is 1.03 bits per heavy atom. The molecule has 0 bridgehead atoms. The van der Waals surface area contributed by atoms with Crippen LogP contribution >= 0.6 is 0 Å². The number of nitrogens with zero attached hydrogens (tertiary/aromatic N) is 1. The topological polar surface area (TPSA) is 63.1 Å². The average Bonchev–Trinajstić information content (AvgIpc) is 3.04. The lowest BCUT2D eigenvalue weighted by molar-refractivity contribution is -0.919. The minimum Gasteiger partial charge on any atom is -0.497 e. The fourth-order valence-electron chi connectivity index (χ4n) is 4.22. The number of anilines is 2. The van der Waals surface area contributed by atoms with Gasteiger partial charge in [0, 0.05) is 24.6 Å². The Hall–Kier alpha value is -2.93. The average molecular weight is 398 g/mol. The second-order valence-electron chi connectivity index (χ2n) is 7.61. The van der Waals surface area contributed by atoms with Gasteiger partial charge in [-0.05, 0) is 48.5 Å². The predicted octanol–water partition coefficient (Wildman–Crippen LogP) is 1.63. The first kappa shape index (κ1) is 19.4. The van der Waals surface area contributed by atoms with E-state index < -0.39 is 0 Å². The first-order valence-electron chi connectivity index (χ1n) is 9.92. The number of nitrogens with one attached hydrogen (secondary N) is 2. The molecule has 2 N–H and O–H groups in total. The number of ether oxygens (including phenoxy) is 1. The molecule has 0 aromatic heterocycles. The van der Waals surface area contributed by atoms with Crippen molar-refractivity contribution in [1.82, 2.24) is 0 Å². The van der Waals surface area contributed by atoms with Crippen LogP contribution < -0.4 is 19.9 Å². The smallest absolute Gasteiger partial charge is 0.292 e. The zero-order chi connectivity index (χ0) is 20.4. The van der Waals surface area contributed by atoms with Crippen molar-refractivity contribution in [2.45, 2.75) is 31.3 Å². The van der Waals surface area contributed by atoms with E-state index in [9.17, 15) is 14.0 Å². The van der Waals surface area contributed by atoms with Gasteiger partial charge in [0.05, 0.1) is 32.3 Å². The van der Waals surface area contributed by atoms with Gasteiger partial charge in [-0.3, -0.25) is 9.59 Å². The van der Waals surface area contributed by atoms with Crippen molar-refractivity contribution in [2.75, 3.05) is 30.4 Å². The highest BCUT2D eigenvalue weighted by molar-refractivity contribution is 6.21. The molecular weight excluding hydrogens is 373 g/mol. The molecule has 2 amide bonds. The fraction of sp³-hybridized carbons (Fsp3) is 0.364. The maximum Gasteiger partial charge on any atom is 0.292 e. The van der Waals surface area contributed by atoms with Crippen LogP contribution in [0.2, 0.25) is 0 Å². The zero-order valence-electron chi connectivity index (χ0n) is 16.4. The number of methoxy groups -OCH3 is 1. The van der Waals surface area contributed by atoms with Gasteiger partial charge in [-0.25, -0.2) is 9.29 Å². The van der Waals surface area contributed by atoms with Gasteiger partial charge in [0.1, 0.15) is 11.6 Å². The Balaban J connectivity index is 1.35. The van der Waals surface area contributed by atoms with E-state index >= 15 is 0 Å². The van der Waals surface area contributed by atoms with Crippen molar-refractivity contribution in [3.05, 3.63) is 54.3 Å². The number of imide groups is 1. The van der Waals surface area contributed by atoms with Gasteiger partial charge in [0.2, 0.25) is 5.91 Å². The summed E-state index contributed by atoms with van der Waals surface area (Å²) in [6, 6.07) is 13.3. The standard InChI is InChI=1S/C22H24FN3O3/c1-29-19-8-4-16(5-9-19)24-17-10-12-25(13-11-17)20-14-21(27)26(22(20)28)18-6-2-15(23)3-7-18/h2-9,17,20,24H,10-14H2,1H3/p+1/t20-/m1/s1. The number of rotatable bonds is 5. The molecular formula is C22H25FN3O3+. The number of carbonyl (C=O) groups is 2. The molecule has 0 radical (unpaired) electrons. The summed E-state index contributed by atoms with van der Waals surface area (Å²) in [7, 11) is 1.65. The molecule has 1 atom stereocenters. The number of hydrogen-bond acceptors (Lipinski definition) is 4. The Morgan fingerprint density at radius 3 is 2.31 bits per heavy atom. The molecule has 7 heteroatoms. The van der Waals surface area contributed by atoms with Crippen molar-refractivity contribution in [3.8, 4) is 5.75 Å². The quantitative estimate of drug-likeness (QED) is 0.752. The van der Waals surface area contributed by atoms with Crippen molar-refractivity contribution in [3.63, 3.8) is 0 Å². The van der Waals surface area contributed by atoms with E-state index in [1.54, 1.807) is 7.11 Å². The van der Waals surface area contributed by atoms with E-state index in [1.807, 2.05) is 24.3 Å². The third-order valence-corrected chi connectivity index (χ3v) is 5.81. The van der Waals surface area contributed by atoms with Gasteiger partial charge >= 0.3 is 0 Å². The number of likely N-dealkylation sites (tertiary alicyclic amines) is 1. The lowest BCUT2D eigenvalue weighted by atomic mass is 10.0. The normalized spacial score (nSPS) is 24.6. The molecule has 152 valence electrons. The lowest BCUT2D eigenvalue weighted by Gasteiger charge is -2.32. The van der Waals surface area contributed by atoms with Crippen LogP contribution in [0.5, 0.6) is 5.75 Å². The number of quaternary nitrogens is 1. The van der Waals surface area contributed by atoms with Crippen LogP contribution in [0.1, 0.15) is 19.3 Å². The van der Waals surface area contributed by atoms with E-state index in [0.717, 1.165) is 42.3 Å². The molecule has 2 aliphatic heterocycles. The molecule has 2 aliphatic rings. The second kappa shape index (κ2) is 8.21. The minimum atomic E-state index is -0.388. The Morgan fingerprint density at radius 2 is 1.69 bits per heavy atom. The van der Waals surface area contributed by atoms with Crippen LogP contribution in [0.15, 0.2) is 48.5 Å². The maximum atomic E-state index is 13.2. The van der Waals surface area contributed by atoms with Crippen LogP contribution in [0.3, 0.4) is 0 Å². The molecule has 2 aromatic carbocycles. The highest BCUT2D eigenvalue weighted by Gasteiger charge is 2.46. The SMILES string of the molecule is COc1ccc(NC2CC[NH+]([C@@H]3CC(=O)N(c4ccc(F)cc4)C3=O)CC2)cc1. The van der Waals surface area contributed by atoms with Crippen molar-refractivity contribution in [1.29, 1.82) is 0 Å². The fourth-order valence-corrected chi connectivity index (χ4v) is 4.22. The molecule has 0 spiro atoms. The van der Waals surface area contributed by atoms with E-state index in [1.165, 1.54) is 29.2 Å². The minimum absolute atomic E-state index is 0.182. The summed E-state index contributed by atoms with van der Waals surface area (Å²) in [5.74, 6) is 0.0437. The third-order valence-electron chi connectivity index (χ3n) is 5.81. The maximum absolute atomic E-state index is 13.2. The highest BCUT2D eigenvalue weighted by Crippen LogP contribution is 2.23. The van der Waals surface area contributed by atoms with Crippen LogP contribution in [0.4, 0.5) is 15.8 Å². The Labute approximate surface area is 169 Å². The van der Waals surface area contributed by atoms with E-state index in [0.29, 0.717) is 11.7 Å². The molecule has 29 heavy (non-hydrogen) atoms. The van der Waals surface area contributed by atoms with Crippen molar-refractivity contribution in [2.24, 2.45) is 0 Å². The van der Waals surface area contributed by atoms with Gasteiger partial charge < -0.3 is 15.0 Å². The molecule has 6 nitrogen and oxygen atoms in total. The summed E-state index contributed by atoms with van der Waals surface area (Å²) in [6.45, 7) is 1.66. The Kier molecular flexibility index (Phi) is 5.49. The largest absolute Gasteiger partial charge is 0.497 e. The third kappa shape index (κ3) is 4.10. The summed E-state index contributed by atoms with van der Waals surface area (Å²) >= 11 is 0. The highest BCUT2D eigenvalue weighted by atomic mass is 19.1. The number of hydrogen-bond donors (Lipinski definition) is 2. The number of carbonyl (C=O) groups excluding carboxylic acids is 2. The van der Waals surface area contributed by atoms with E-state index in [-0.39, 0.29) is 30.1 Å². The van der Waals surface area contributed by atoms with Crippen molar-refractivity contribution < 1.29 is 23.6 Å². The van der Waals surface area contributed by atoms with Crippen molar-refractivity contribution >= 4 is 23.2 Å². The predicted molar refractivity (Wildman–Crippen MR) is 108 cm³/mol. The monoisotopic (exact) mass is 398 g/mol. The van der Waals surface area contributed by atoms with Crippen LogP contribution in [0.25, 0.3) is 0 Å². The summed E-state index contributed by atoms with van der Waals surface area (Å²) in [4.78, 5) is 27.7. The second-order valence-corrected chi connectivity index (χ2v) is 7.61. The molecule has 0 aliphatic carbocycles. The van der Waals surface area contributed by atoms with E-state index in [4.69, 9.17) is 4.74 Å². The van der Waals surface area contributed by atoms with Gasteiger partial charge in [-0.2, -0.15) is 0 Å². The van der Waals surface area contributed by atoms with Gasteiger partial charge in [0.15, 0.2) is 6.04 Å². The molecule has 2 saturated heterocycles. The number of halogens is 1. The number of benzene rings is 2. The number of amides is 2. The molecule has 2 fully saturated rings. The summed E-state index contributed by atoms with van der Waals surface area (Å²) < 4.78 is 18.3. The van der Waals surface area contributed by atoms with Crippen LogP contribution in [-0.4, -0.2) is 44.1 Å². The summed E-state index contributed by atoms with van der Waals surface area (Å²) in [5, 5.41) is 3.54. The molecule has 2 aromatic rings. The van der Waals surface area contributed by atoms with Gasteiger partial charge in [0.25, 0.3) is 5.91 Å². The molecule has 4 rings (SSSR count). The Bertz CT molecular complexity index is 877. The zero-order valence-corrected chi connectivity index (χ0v) is 16.4. The number of piperidine rings is 1. The van der Waals surface area contributed by atoms with Gasteiger partial charge in [-0.15, -0.1) is 0 Å². The van der Waals surface area contributed by atoms with Gasteiger partial charge in [-0.1, -0.05) is 0 Å². The van der Waals surface area contributed by atoms with E-state index in [2.05, 4.69) is 5.32 Å². The molecule has 0 saturated carbocycles. The lowest BCUT2D eigenvalue weighted by Crippen LogP contribution is -3.17. The molecule has 2 heterocycles.